The van der Waals surface area contributed by atoms with Crippen molar-refractivity contribution in [2.75, 3.05) is 14.2 Å². The Balaban J connectivity index is 2.46. The van der Waals surface area contributed by atoms with Gasteiger partial charge >= 0.3 is 5.97 Å². The molecule has 0 unspecified atom stereocenters. The quantitative estimate of drug-likeness (QED) is 0.499. The summed E-state index contributed by atoms with van der Waals surface area (Å²) in [7, 11) is 2.89. The fourth-order valence-electron chi connectivity index (χ4n) is 1.75. The molecule has 0 aliphatic heterocycles. The molecule has 2 rings (SSSR count). The highest BCUT2D eigenvalue weighted by atomic mass is 32.2. The Bertz CT molecular complexity index is 779. The van der Waals surface area contributed by atoms with Gasteiger partial charge in [-0.15, -0.1) is 11.3 Å². The third kappa shape index (κ3) is 3.08. The van der Waals surface area contributed by atoms with E-state index in [1.165, 1.54) is 18.9 Å². The molecule has 0 amide bonds. The Labute approximate surface area is 128 Å². The zero-order valence-corrected chi connectivity index (χ0v) is 13.4. The molecule has 7 nitrogen and oxygen atoms in total. The van der Waals surface area contributed by atoms with Crippen molar-refractivity contribution < 1.29 is 9.53 Å². The smallest absolute Gasteiger partial charge is 0.348 e. The number of aliphatic imine (C=N–C) groups is 1. The molecule has 2 aromatic rings. The summed E-state index contributed by atoms with van der Waals surface area (Å²) < 4.78 is 4.71. The maximum absolute atomic E-state index is 12.1. The second-order valence-corrected chi connectivity index (χ2v) is 6.09. The number of thiophene rings is 1. The fraction of sp³-hybridized carbons (Fsp3) is 0.333. The SMILES string of the molecule is CN=C(N)SCc1nc2sc(C(=O)OC)c(C)c2c(=O)[nH]1. The highest BCUT2D eigenvalue weighted by Crippen LogP contribution is 2.27. The number of H-pyrrole nitrogens is 1. The molecular formula is C12H14N4O3S2. The van der Waals surface area contributed by atoms with E-state index in [1.807, 2.05) is 0 Å². The van der Waals surface area contributed by atoms with Crippen LogP contribution in [0.15, 0.2) is 9.79 Å². The third-order valence-electron chi connectivity index (χ3n) is 2.80. The summed E-state index contributed by atoms with van der Waals surface area (Å²) in [6, 6.07) is 0. The van der Waals surface area contributed by atoms with Crippen LogP contribution in [0.1, 0.15) is 21.1 Å². The van der Waals surface area contributed by atoms with Gasteiger partial charge in [0.2, 0.25) is 0 Å². The summed E-state index contributed by atoms with van der Waals surface area (Å²) in [4.78, 5) is 35.6. The molecule has 0 aliphatic rings. The molecule has 2 aromatic heterocycles. The molecular weight excluding hydrogens is 312 g/mol. The number of esters is 1. The first-order chi connectivity index (χ1) is 9.97. The van der Waals surface area contributed by atoms with Crippen LogP contribution in [0.25, 0.3) is 10.2 Å². The summed E-state index contributed by atoms with van der Waals surface area (Å²) >= 11 is 2.43. The van der Waals surface area contributed by atoms with Gasteiger partial charge in [-0.25, -0.2) is 9.78 Å². The number of carbonyl (C=O) groups is 1. The summed E-state index contributed by atoms with van der Waals surface area (Å²) in [5.74, 6) is 0.425. The molecule has 0 bridgehead atoms. The molecule has 112 valence electrons. The van der Waals surface area contributed by atoms with Gasteiger partial charge in [-0.2, -0.15) is 0 Å². The summed E-state index contributed by atoms with van der Waals surface area (Å²) in [5.41, 5.74) is 5.91. The van der Waals surface area contributed by atoms with Crippen molar-refractivity contribution in [3.05, 3.63) is 26.6 Å². The summed E-state index contributed by atoms with van der Waals surface area (Å²) in [5, 5.41) is 0.835. The molecule has 0 spiro atoms. The zero-order chi connectivity index (χ0) is 15.6. The van der Waals surface area contributed by atoms with Crippen molar-refractivity contribution in [1.29, 1.82) is 0 Å². The number of nitrogens with two attached hydrogens (primary N) is 1. The third-order valence-corrected chi connectivity index (χ3v) is 4.86. The molecule has 3 N–H and O–H groups in total. The van der Waals surface area contributed by atoms with Gasteiger partial charge in [0.25, 0.3) is 5.56 Å². The minimum Gasteiger partial charge on any atom is -0.465 e. The van der Waals surface area contributed by atoms with Crippen LogP contribution in [-0.2, 0) is 10.5 Å². The minimum absolute atomic E-state index is 0.272. The lowest BCUT2D eigenvalue weighted by Gasteiger charge is -2.00. The monoisotopic (exact) mass is 326 g/mol. The number of hydrogen-bond donors (Lipinski definition) is 2. The van der Waals surface area contributed by atoms with E-state index >= 15 is 0 Å². The number of thioether (sulfide) groups is 1. The number of nitrogens with one attached hydrogen (secondary N) is 1. The van der Waals surface area contributed by atoms with E-state index in [1.54, 1.807) is 14.0 Å². The van der Waals surface area contributed by atoms with Gasteiger partial charge in [0.1, 0.15) is 15.5 Å². The molecule has 0 aliphatic carbocycles. The Morgan fingerprint density at radius 3 is 2.90 bits per heavy atom. The Morgan fingerprint density at radius 2 is 2.29 bits per heavy atom. The number of methoxy groups -OCH3 is 1. The van der Waals surface area contributed by atoms with Crippen molar-refractivity contribution >= 4 is 44.5 Å². The zero-order valence-electron chi connectivity index (χ0n) is 11.7. The van der Waals surface area contributed by atoms with Crippen LogP contribution < -0.4 is 11.3 Å². The second-order valence-electron chi connectivity index (χ2n) is 4.09. The summed E-state index contributed by atoms with van der Waals surface area (Å²) in [6.45, 7) is 1.71. The van der Waals surface area contributed by atoms with Crippen LogP contribution in [-0.4, -0.2) is 35.3 Å². The normalized spacial score (nSPS) is 11.9. The highest BCUT2D eigenvalue weighted by molar-refractivity contribution is 8.13. The lowest BCUT2D eigenvalue weighted by Crippen LogP contribution is -2.13. The first kappa shape index (κ1) is 15.5. The molecule has 0 atom stereocenters. The number of amidine groups is 1. The first-order valence-corrected chi connectivity index (χ1v) is 7.73. The Hall–Kier alpha value is -1.87. The molecule has 0 saturated heterocycles. The number of fused-ring (bicyclic) bond motifs is 1. The molecule has 9 heteroatoms. The highest BCUT2D eigenvalue weighted by Gasteiger charge is 2.19. The number of rotatable bonds is 3. The van der Waals surface area contributed by atoms with Gasteiger partial charge < -0.3 is 15.5 Å². The van der Waals surface area contributed by atoms with Gasteiger partial charge in [-0.05, 0) is 12.5 Å². The van der Waals surface area contributed by atoms with E-state index in [-0.39, 0.29) is 5.56 Å². The number of hydrogen-bond acceptors (Lipinski definition) is 7. The van der Waals surface area contributed by atoms with Crippen LogP contribution in [0.5, 0.6) is 0 Å². The standard InChI is InChI=1S/C12H14N4O3S2/c1-5-7-9(17)15-6(4-20-12(13)14-2)16-10(7)21-8(5)11(18)19-3/h4H2,1-3H3,(H2,13,14)(H,15,16,17). The largest absolute Gasteiger partial charge is 0.465 e. The Kier molecular flexibility index (Phi) is 4.63. The second kappa shape index (κ2) is 6.27. The predicted octanol–water partition coefficient (Wildman–Crippen LogP) is 1.26. The van der Waals surface area contributed by atoms with Gasteiger partial charge in [0.15, 0.2) is 5.17 Å². The van der Waals surface area contributed by atoms with Crippen LogP contribution in [0.2, 0.25) is 0 Å². The van der Waals surface area contributed by atoms with Crippen molar-refractivity contribution in [2.24, 2.45) is 10.7 Å². The van der Waals surface area contributed by atoms with Crippen molar-refractivity contribution in [2.45, 2.75) is 12.7 Å². The predicted molar refractivity (Wildman–Crippen MR) is 85.2 cm³/mol. The van der Waals surface area contributed by atoms with Crippen LogP contribution >= 0.6 is 23.1 Å². The lowest BCUT2D eigenvalue weighted by molar-refractivity contribution is 0.0605. The summed E-state index contributed by atoms with van der Waals surface area (Å²) in [6.07, 6.45) is 0. The van der Waals surface area contributed by atoms with Crippen molar-refractivity contribution in [1.82, 2.24) is 9.97 Å². The van der Waals surface area contributed by atoms with Gasteiger partial charge in [-0.1, -0.05) is 11.8 Å². The average molecular weight is 326 g/mol. The molecule has 0 radical (unpaired) electrons. The van der Waals surface area contributed by atoms with E-state index in [9.17, 15) is 9.59 Å². The number of ether oxygens (including phenoxy) is 1. The van der Waals surface area contributed by atoms with Gasteiger partial charge in [0.05, 0.1) is 18.2 Å². The molecule has 0 saturated carbocycles. The van der Waals surface area contributed by atoms with Crippen LogP contribution in [0.3, 0.4) is 0 Å². The number of carbonyl (C=O) groups excluding carboxylic acids is 1. The fourth-order valence-corrected chi connectivity index (χ4v) is 3.42. The van der Waals surface area contributed by atoms with Crippen LogP contribution in [0, 0.1) is 6.92 Å². The van der Waals surface area contributed by atoms with Gasteiger partial charge in [0, 0.05) is 7.05 Å². The maximum atomic E-state index is 12.1. The maximum Gasteiger partial charge on any atom is 0.348 e. The molecule has 2 heterocycles. The minimum atomic E-state index is -0.465. The lowest BCUT2D eigenvalue weighted by atomic mass is 10.2. The van der Waals surface area contributed by atoms with Crippen molar-refractivity contribution in [3.63, 3.8) is 0 Å². The molecule has 0 fully saturated rings. The van der Waals surface area contributed by atoms with E-state index < -0.39 is 5.97 Å². The average Bonchev–Trinajstić information content (AvgIpc) is 2.81. The van der Waals surface area contributed by atoms with E-state index in [4.69, 9.17) is 10.5 Å². The molecule has 21 heavy (non-hydrogen) atoms. The Morgan fingerprint density at radius 1 is 1.57 bits per heavy atom. The topological polar surface area (TPSA) is 110 Å². The number of aromatic nitrogens is 2. The number of aryl methyl sites for hydroxylation is 1. The first-order valence-electron chi connectivity index (χ1n) is 5.93. The number of aromatic amines is 1. The molecule has 0 aromatic carbocycles. The van der Waals surface area contributed by atoms with E-state index in [0.717, 1.165) is 11.3 Å². The van der Waals surface area contributed by atoms with E-state index in [0.29, 0.717) is 37.4 Å². The van der Waals surface area contributed by atoms with Crippen molar-refractivity contribution in [3.8, 4) is 0 Å². The van der Waals surface area contributed by atoms with Crippen LogP contribution in [0.4, 0.5) is 0 Å². The van der Waals surface area contributed by atoms with Gasteiger partial charge in [-0.3, -0.25) is 9.79 Å². The van der Waals surface area contributed by atoms with E-state index in [2.05, 4.69) is 15.0 Å². The number of nitrogens with zero attached hydrogens (tertiary/aromatic N) is 2.